The van der Waals surface area contributed by atoms with Crippen LogP contribution in [0.1, 0.15) is 45.2 Å². The van der Waals surface area contributed by atoms with Crippen LogP contribution in [0, 0.1) is 12.8 Å². The molecule has 0 aromatic heterocycles. The Morgan fingerprint density at radius 2 is 1.75 bits per heavy atom. The lowest BCUT2D eigenvalue weighted by Crippen LogP contribution is -2.42. The summed E-state index contributed by atoms with van der Waals surface area (Å²) in [5.74, 6) is -1.49. The van der Waals surface area contributed by atoms with Gasteiger partial charge in [0.15, 0.2) is 0 Å². The van der Waals surface area contributed by atoms with Gasteiger partial charge in [0.2, 0.25) is 5.91 Å². The zero-order chi connectivity index (χ0) is 23.3. The Morgan fingerprint density at radius 1 is 1.06 bits per heavy atom. The van der Waals surface area contributed by atoms with Crippen LogP contribution < -0.4 is 10.8 Å². The Labute approximate surface area is 187 Å². The Hall–Kier alpha value is -3.07. The number of benzene rings is 2. The molecule has 2 rings (SSSR count). The Balaban J connectivity index is 2.13. The van der Waals surface area contributed by atoms with Crippen molar-refractivity contribution in [3.8, 4) is 0 Å². The Bertz CT molecular complexity index is 867. The molecule has 0 radical (unpaired) electrons. The first-order valence-electron chi connectivity index (χ1n) is 10.5. The largest absolute Gasteiger partial charge is 0.356 e. The fraction of sp³-hybridized carbons (Fsp3) is 0.375. The molecule has 2 aromatic carbocycles. The molecule has 0 heterocycles. The van der Waals surface area contributed by atoms with Crippen LogP contribution in [0.3, 0.4) is 0 Å². The molecule has 172 valence electrons. The van der Waals surface area contributed by atoms with Gasteiger partial charge in [-0.2, -0.15) is 0 Å². The lowest BCUT2D eigenvalue weighted by Gasteiger charge is -2.24. The second kappa shape index (κ2) is 13.4. The first-order valence-corrected chi connectivity index (χ1v) is 10.5. The van der Waals surface area contributed by atoms with Crippen LogP contribution in [0.5, 0.6) is 0 Å². The van der Waals surface area contributed by atoms with Crippen molar-refractivity contribution in [2.24, 2.45) is 5.92 Å². The van der Waals surface area contributed by atoms with Crippen LogP contribution in [0.25, 0.3) is 0 Å². The van der Waals surface area contributed by atoms with Crippen molar-refractivity contribution < 1.29 is 29.1 Å². The SMILES string of the molecule is CCOCOC[C@H](C[C@H](Cc1ccc(C=O)cc1)C(=O)NO)NC(=O)c1ccc(C)cc1. The second-order valence-electron chi connectivity index (χ2n) is 7.49. The summed E-state index contributed by atoms with van der Waals surface area (Å²) in [6, 6.07) is 13.5. The molecule has 2 aromatic rings. The topological polar surface area (TPSA) is 114 Å². The Morgan fingerprint density at radius 3 is 2.34 bits per heavy atom. The number of hydrogen-bond donors (Lipinski definition) is 3. The summed E-state index contributed by atoms with van der Waals surface area (Å²) < 4.78 is 10.7. The standard InChI is InChI=1S/C24H30N2O6/c1-3-31-16-32-15-22(25-23(28)20-10-4-17(2)5-11-20)13-21(24(29)26-30)12-18-6-8-19(14-27)9-7-18/h4-11,14,21-22,30H,3,12-13,15-16H2,1-2H3,(H,25,28)(H,26,29)/t21-,22-/m0/s1. The van der Waals surface area contributed by atoms with Crippen LogP contribution in [0.4, 0.5) is 0 Å². The van der Waals surface area contributed by atoms with Crippen LogP contribution >= 0.6 is 0 Å². The van der Waals surface area contributed by atoms with Gasteiger partial charge in [-0.15, -0.1) is 0 Å². The number of ether oxygens (including phenoxy) is 2. The highest BCUT2D eigenvalue weighted by molar-refractivity contribution is 5.94. The monoisotopic (exact) mass is 442 g/mol. The molecule has 0 bridgehead atoms. The zero-order valence-electron chi connectivity index (χ0n) is 18.4. The molecular formula is C24H30N2O6. The third-order valence-electron chi connectivity index (χ3n) is 4.99. The molecular weight excluding hydrogens is 412 g/mol. The number of hydrogen-bond acceptors (Lipinski definition) is 6. The van der Waals surface area contributed by atoms with E-state index in [1.807, 2.05) is 26.0 Å². The van der Waals surface area contributed by atoms with Crippen LogP contribution in [-0.2, 0) is 20.7 Å². The van der Waals surface area contributed by atoms with Gasteiger partial charge in [0.1, 0.15) is 13.1 Å². The minimum absolute atomic E-state index is 0.0669. The van der Waals surface area contributed by atoms with Gasteiger partial charge in [0, 0.05) is 23.7 Å². The number of rotatable bonds is 13. The first kappa shape index (κ1) is 25.2. The second-order valence-corrected chi connectivity index (χ2v) is 7.49. The molecule has 0 fully saturated rings. The molecule has 0 spiro atoms. The number of aryl methyl sites for hydroxylation is 1. The average Bonchev–Trinajstić information content (AvgIpc) is 2.81. The first-order chi connectivity index (χ1) is 15.5. The van der Waals surface area contributed by atoms with E-state index in [4.69, 9.17) is 9.47 Å². The predicted molar refractivity (Wildman–Crippen MR) is 118 cm³/mol. The van der Waals surface area contributed by atoms with E-state index in [1.165, 1.54) is 0 Å². The van der Waals surface area contributed by atoms with Gasteiger partial charge < -0.3 is 14.8 Å². The summed E-state index contributed by atoms with van der Waals surface area (Å²) in [6.45, 7) is 4.48. The van der Waals surface area contributed by atoms with E-state index in [0.717, 1.165) is 17.4 Å². The van der Waals surface area contributed by atoms with E-state index in [1.54, 1.807) is 41.9 Å². The van der Waals surface area contributed by atoms with Crippen molar-refractivity contribution in [3.05, 3.63) is 70.8 Å². The van der Waals surface area contributed by atoms with Gasteiger partial charge in [-0.05, 0) is 44.4 Å². The molecule has 2 atom stereocenters. The average molecular weight is 443 g/mol. The Kier molecular flexibility index (Phi) is 10.5. The quantitative estimate of drug-likeness (QED) is 0.144. The van der Waals surface area contributed by atoms with Crippen molar-refractivity contribution in [2.45, 2.75) is 32.7 Å². The number of nitrogens with one attached hydrogen (secondary N) is 2. The minimum Gasteiger partial charge on any atom is -0.356 e. The maximum Gasteiger partial charge on any atom is 0.251 e. The van der Waals surface area contributed by atoms with Crippen LogP contribution in [0.15, 0.2) is 48.5 Å². The fourth-order valence-corrected chi connectivity index (χ4v) is 3.21. The van der Waals surface area contributed by atoms with Gasteiger partial charge in [-0.3, -0.25) is 19.6 Å². The van der Waals surface area contributed by atoms with Crippen molar-refractivity contribution >= 4 is 18.1 Å². The maximum atomic E-state index is 12.7. The molecule has 3 N–H and O–H groups in total. The molecule has 8 nitrogen and oxygen atoms in total. The number of hydroxylamine groups is 1. The molecule has 0 aliphatic heterocycles. The third kappa shape index (κ3) is 8.22. The van der Waals surface area contributed by atoms with Gasteiger partial charge in [0.05, 0.1) is 12.6 Å². The number of aldehydes is 1. The number of amides is 2. The fourth-order valence-electron chi connectivity index (χ4n) is 3.21. The van der Waals surface area contributed by atoms with E-state index in [9.17, 15) is 19.6 Å². The highest BCUT2D eigenvalue weighted by Gasteiger charge is 2.25. The van der Waals surface area contributed by atoms with Crippen molar-refractivity contribution in [2.75, 3.05) is 20.0 Å². The van der Waals surface area contributed by atoms with E-state index in [2.05, 4.69) is 5.32 Å². The number of carbonyl (C=O) groups is 3. The molecule has 32 heavy (non-hydrogen) atoms. The summed E-state index contributed by atoms with van der Waals surface area (Å²) in [7, 11) is 0. The van der Waals surface area contributed by atoms with E-state index in [0.29, 0.717) is 24.2 Å². The van der Waals surface area contributed by atoms with Crippen molar-refractivity contribution in [3.63, 3.8) is 0 Å². The van der Waals surface area contributed by atoms with Gasteiger partial charge in [0.25, 0.3) is 5.91 Å². The highest BCUT2D eigenvalue weighted by atomic mass is 16.7. The minimum atomic E-state index is -0.638. The van der Waals surface area contributed by atoms with Gasteiger partial charge in [-0.1, -0.05) is 42.0 Å². The van der Waals surface area contributed by atoms with Gasteiger partial charge >= 0.3 is 0 Å². The zero-order valence-corrected chi connectivity index (χ0v) is 18.4. The predicted octanol–water partition coefficient (Wildman–Crippen LogP) is 2.67. The summed E-state index contributed by atoms with van der Waals surface area (Å²) in [6.07, 6.45) is 1.29. The molecule has 0 aliphatic carbocycles. The highest BCUT2D eigenvalue weighted by Crippen LogP contribution is 2.17. The summed E-state index contributed by atoms with van der Waals surface area (Å²) in [5, 5.41) is 12.1. The van der Waals surface area contributed by atoms with E-state index >= 15 is 0 Å². The third-order valence-corrected chi connectivity index (χ3v) is 4.99. The summed E-state index contributed by atoms with van der Waals surface area (Å²) in [4.78, 5) is 35.9. The number of carbonyl (C=O) groups excluding carboxylic acids is 3. The summed E-state index contributed by atoms with van der Waals surface area (Å²) >= 11 is 0. The van der Waals surface area contributed by atoms with Gasteiger partial charge in [-0.25, -0.2) is 5.48 Å². The summed E-state index contributed by atoms with van der Waals surface area (Å²) in [5.41, 5.74) is 4.60. The lowest BCUT2D eigenvalue weighted by atomic mass is 9.91. The molecule has 2 amide bonds. The maximum absolute atomic E-state index is 12.7. The molecule has 0 saturated carbocycles. The normalized spacial score (nSPS) is 12.6. The van der Waals surface area contributed by atoms with E-state index < -0.39 is 17.9 Å². The molecule has 0 aliphatic rings. The smallest absolute Gasteiger partial charge is 0.251 e. The van der Waals surface area contributed by atoms with Crippen LogP contribution in [-0.4, -0.2) is 49.4 Å². The lowest BCUT2D eigenvalue weighted by molar-refractivity contribution is -0.134. The molecule has 0 unspecified atom stereocenters. The van der Waals surface area contributed by atoms with E-state index in [-0.39, 0.29) is 25.7 Å². The molecule has 0 saturated heterocycles. The van der Waals surface area contributed by atoms with Crippen molar-refractivity contribution in [1.29, 1.82) is 0 Å². The molecule has 8 heteroatoms. The van der Waals surface area contributed by atoms with Crippen LogP contribution in [0.2, 0.25) is 0 Å². The van der Waals surface area contributed by atoms with Crippen molar-refractivity contribution in [1.82, 2.24) is 10.8 Å².